The number of piperidine rings is 1. The van der Waals surface area contributed by atoms with Gasteiger partial charge in [-0.25, -0.2) is 4.98 Å². The van der Waals surface area contributed by atoms with E-state index < -0.39 is 0 Å². The topological polar surface area (TPSA) is 97.7 Å². The highest BCUT2D eigenvalue weighted by molar-refractivity contribution is 7.98. The summed E-state index contributed by atoms with van der Waals surface area (Å²) in [6, 6.07) is 12.0. The van der Waals surface area contributed by atoms with E-state index in [4.69, 9.17) is 0 Å². The third-order valence-electron chi connectivity index (χ3n) is 8.30. The predicted molar refractivity (Wildman–Crippen MR) is 147 cm³/mol. The SMILES string of the molecule is CSc1ccccc1CNc1ncc(C#N)c(NCC2C[C@H]3CCC[C@@H](C2)C3NC2CCNCC2)n1. The zero-order valence-corrected chi connectivity index (χ0v) is 22.1. The van der Waals surface area contributed by atoms with E-state index in [1.807, 2.05) is 0 Å². The summed E-state index contributed by atoms with van der Waals surface area (Å²) in [6.07, 6.45) is 12.8. The van der Waals surface area contributed by atoms with Crippen molar-refractivity contribution in [3.8, 4) is 6.07 Å². The minimum atomic E-state index is 0.506. The lowest BCUT2D eigenvalue weighted by Crippen LogP contribution is -2.54. The molecule has 4 atom stereocenters. The number of rotatable bonds is 9. The molecule has 1 aromatic heterocycles. The summed E-state index contributed by atoms with van der Waals surface area (Å²) in [7, 11) is 0. The molecule has 1 aromatic carbocycles. The van der Waals surface area contributed by atoms with Gasteiger partial charge in [-0.1, -0.05) is 24.6 Å². The molecule has 2 aliphatic carbocycles. The fourth-order valence-electron chi connectivity index (χ4n) is 6.52. The van der Waals surface area contributed by atoms with Crippen LogP contribution in [0.4, 0.5) is 11.8 Å². The van der Waals surface area contributed by atoms with Crippen molar-refractivity contribution in [2.24, 2.45) is 17.8 Å². The first-order valence-corrected chi connectivity index (χ1v) is 14.8. The first kappa shape index (κ1) is 25.3. The summed E-state index contributed by atoms with van der Waals surface area (Å²) in [4.78, 5) is 10.3. The van der Waals surface area contributed by atoms with E-state index >= 15 is 0 Å². The Kier molecular flexibility index (Phi) is 8.63. The first-order chi connectivity index (χ1) is 17.7. The molecule has 1 aliphatic heterocycles. The first-order valence-electron chi connectivity index (χ1n) is 13.6. The van der Waals surface area contributed by atoms with E-state index in [0.717, 1.165) is 31.5 Å². The van der Waals surface area contributed by atoms with Crippen LogP contribution in [-0.4, -0.2) is 47.9 Å². The van der Waals surface area contributed by atoms with Gasteiger partial charge in [0, 0.05) is 30.1 Å². The summed E-state index contributed by atoms with van der Waals surface area (Å²) in [5.41, 5.74) is 1.72. The number of nitrogens with one attached hydrogen (secondary N) is 4. The van der Waals surface area contributed by atoms with Crippen molar-refractivity contribution in [2.75, 3.05) is 36.5 Å². The van der Waals surface area contributed by atoms with Gasteiger partial charge in [0.25, 0.3) is 0 Å². The molecule has 1 saturated heterocycles. The largest absolute Gasteiger partial charge is 0.369 e. The molecule has 4 N–H and O–H groups in total. The Hall–Kier alpha value is -2.34. The Morgan fingerprint density at radius 1 is 1.08 bits per heavy atom. The molecule has 2 heterocycles. The number of benzene rings is 1. The Balaban J connectivity index is 1.19. The minimum absolute atomic E-state index is 0.506. The number of aromatic nitrogens is 2. The highest BCUT2D eigenvalue weighted by Crippen LogP contribution is 2.43. The van der Waals surface area contributed by atoms with Crippen LogP contribution in [0.5, 0.6) is 0 Å². The molecule has 0 radical (unpaired) electrons. The molecule has 2 unspecified atom stereocenters. The van der Waals surface area contributed by atoms with Crippen LogP contribution in [0.25, 0.3) is 0 Å². The second kappa shape index (κ2) is 12.3. The molecular weight excluding hydrogens is 466 g/mol. The van der Waals surface area contributed by atoms with Gasteiger partial charge < -0.3 is 21.3 Å². The maximum Gasteiger partial charge on any atom is 0.224 e. The van der Waals surface area contributed by atoms with E-state index in [1.54, 1.807) is 18.0 Å². The van der Waals surface area contributed by atoms with E-state index in [2.05, 4.69) is 67.8 Å². The maximum atomic E-state index is 9.64. The van der Waals surface area contributed by atoms with Crippen molar-refractivity contribution >= 4 is 23.5 Å². The average Bonchev–Trinajstić information content (AvgIpc) is 2.91. The van der Waals surface area contributed by atoms with Gasteiger partial charge >= 0.3 is 0 Å². The van der Waals surface area contributed by atoms with Crippen LogP contribution in [0, 0.1) is 29.1 Å². The quantitative estimate of drug-likeness (QED) is 0.366. The van der Waals surface area contributed by atoms with Gasteiger partial charge in [0.05, 0.1) is 6.20 Å². The van der Waals surface area contributed by atoms with Crippen LogP contribution in [0.3, 0.4) is 0 Å². The smallest absolute Gasteiger partial charge is 0.224 e. The average molecular weight is 506 g/mol. The molecule has 192 valence electrons. The van der Waals surface area contributed by atoms with Crippen molar-refractivity contribution in [2.45, 2.75) is 68.5 Å². The van der Waals surface area contributed by atoms with E-state index in [1.165, 1.54) is 55.4 Å². The molecule has 2 saturated carbocycles. The molecule has 5 rings (SSSR count). The normalized spacial score (nSPS) is 26.2. The third-order valence-corrected chi connectivity index (χ3v) is 9.14. The zero-order valence-electron chi connectivity index (χ0n) is 21.3. The van der Waals surface area contributed by atoms with E-state index in [9.17, 15) is 5.26 Å². The Morgan fingerprint density at radius 3 is 2.61 bits per heavy atom. The summed E-state index contributed by atoms with van der Waals surface area (Å²) >= 11 is 1.74. The van der Waals surface area contributed by atoms with Crippen LogP contribution in [-0.2, 0) is 6.54 Å². The van der Waals surface area contributed by atoms with Crippen molar-refractivity contribution in [3.05, 3.63) is 41.6 Å². The van der Waals surface area contributed by atoms with Crippen LogP contribution in [0.15, 0.2) is 35.4 Å². The number of nitriles is 1. The number of hydrogen-bond acceptors (Lipinski definition) is 8. The molecule has 3 fully saturated rings. The minimum Gasteiger partial charge on any atom is -0.369 e. The van der Waals surface area contributed by atoms with Crippen molar-refractivity contribution < 1.29 is 0 Å². The molecule has 0 spiro atoms. The fourth-order valence-corrected chi connectivity index (χ4v) is 7.13. The lowest BCUT2D eigenvalue weighted by Gasteiger charge is -2.48. The second-order valence-electron chi connectivity index (χ2n) is 10.6. The van der Waals surface area contributed by atoms with Gasteiger partial charge in [-0.05, 0) is 87.3 Å². The van der Waals surface area contributed by atoms with Crippen molar-refractivity contribution in [1.82, 2.24) is 20.6 Å². The highest BCUT2D eigenvalue weighted by atomic mass is 32.2. The molecule has 3 aliphatic rings. The van der Waals surface area contributed by atoms with Gasteiger partial charge in [-0.3, -0.25) is 0 Å². The molecule has 8 heteroatoms. The molecule has 36 heavy (non-hydrogen) atoms. The van der Waals surface area contributed by atoms with Gasteiger partial charge in [0.15, 0.2) is 0 Å². The standard InChI is InChI=1S/C28H39N7S/c1-36-25-8-3-2-5-22(25)17-32-28-33-18-23(15-29)27(35-28)31-16-19-13-20-6-4-7-21(14-19)26(20)34-24-9-11-30-12-10-24/h2-3,5,8,18-21,24,26,30,34H,4,6-7,9-14,16-17H2,1H3,(H2,31,32,33,35)/t19?,20-,21+,26?. The number of nitrogens with zero attached hydrogens (tertiary/aromatic N) is 3. The van der Waals surface area contributed by atoms with Crippen LogP contribution >= 0.6 is 11.8 Å². The van der Waals surface area contributed by atoms with Gasteiger partial charge in [-0.2, -0.15) is 10.2 Å². The molecular formula is C28H39N7S. The summed E-state index contributed by atoms with van der Waals surface area (Å²) < 4.78 is 0. The Labute approximate surface area is 219 Å². The van der Waals surface area contributed by atoms with E-state index in [0.29, 0.717) is 41.9 Å². The third kappa shape index (κ3) is 6.13. The fraction of sp³-hybridized carbons (Fsp3) is 0.607. The Morgan fingerprint density at radius 2 is 1.86 bits per heavy atom. The van der Waals surface area contributed by atoms with Crippen molar-refractivity contribution in [1.29, 1.82) is 5.26 Å². The van der Waals surface area contributed by atoms with Gasteiger partial charge in [0.2, 0.25) is 5.95 Å². The maximum absolute atomic E-state index is 9.64. The lowest BCUT2D eigenvalue weighted by molar-refractivity contribution is 0.0765. The van der Waals surface area contributed by atoms with Crippen molar-refractivity contribution in [3.63, 3.8) is 0 Å². The molecule has 2 aromatic rings. The lowest BCUT2D eigenvalue weighted by atomic mass is 9.64. The van der Waals surface area contributed by atoms with Crippen LogP contribution < -0.4 is 21.3 Å². The van der Waals surface area contributed by atoms with E-state index in [-0.39, 0.29) is 0 Å². The highest BCUT2D eigenvalue weighted by Gasteiger charge is 2.40. The number of anilines is 2. The van der Waals surface area contributed by atoms with Gasteiger partial charge in [0.1, 0.15) is 17.5 Å². The molecule has 7 nitrogen and oxygen atoms in total. The van der Waals surface area contributed by atoms with Crippen LogP contribution in [0.2, 0.25) is 0 Å². The Bertz CT molecular complexity index is 1030. The van der Waals surface area contributed by atoms with Gasteiger partial charge in [-0.15, -0.1) is 11.8 Å². The monoisotopic (exact) mass is 505 g/mol. The summed E-state index contributed by atoms with van der Waals surface area (Å²) in [5, 5.41) is 24.1. The number of fused-ring (bicyclic) bond motifs is 2. The number of hydrogen-bond donors (Lipinski definition) is 4. The summed E-state index contributed by atoms with van der Waals surface area (Å²) in [5.74, 6) is 3.37. The summed E-state index contributed by atoms with van der Waals surface area (Å²) in [6.45, 7) is 3.81. The molecule has 0 amide bonds. The zero-order chi connectivity index (χ0) is 24.7. The number of thioether (sulfide) groups is 1. The van der Waals surface area contributed by atoms with Crippen LogP contribution in [0.1, 0.15) is 56.1 Å². The predicted octanol–water partition coefficient (Wildman–Crippen LogP) is 4.63. The second-order valence-corrected chi connectivity index (χ2v) is 11.5. The molecule has 2 bridgehead atoms.